The van der Waals surface area contributed by atoms with Crippen molar-refractivity contribution < 1.29 is 9.59 Å². The molecular formula is C17H11N3O2. The van der Waals surface area contributed by atoms with Gasteiger partial charge in [0.1, 0.15) is 0 Å². The van der Waals surface area contributed by atoms with Crippen molar-refractivity contribution in [3.8, 4) is 0 Å². The Morgan fingerprint density at radius 2 is 1.73 bits per heavy atom. The molecule has 5 nitrogen and oxygen atoms in total. The summed E-state index contributed by atoms with van der Waals surface area (Å²) in [6, 6.07) is 14.8. The minimum Gasteiger partial charge on any atom is -0.323 e. The van der Waals surface area contributed by atoms with E-state index in [0.717, 1.165) is 27.7 Å². The van der Waals surface area contributed by atoms with E-state index in [1.165, 1.54) is 0 Å². The van der Waals surface area contributed by atoms with Crippen LogP contribution in [-0.2, 0) is 10.3 Å². The highest BCUT2D eigenvalue weighted by Gasteiger charge is 2.52. The number of benzene rings is 2. The summed E-state index contributed by atoms with van der Waals surface area (Å²) in [5.41, 5.74) is 1.97. The van der Waals surface area contributed by atoms with Crippen LogP contribution in [0.3, 0.4) is 0 Å². The zero-order valence-corrected chi connectivity index (χ0v) is 11.5. The van der Waals surface area contributed by atoms with Crippen molar-refractivity contribution in [1.29, 1.82) is 0 Å². The van der Waals surface area contributed by atoms with Gasteiger partial charge in [-0.1, -0.05) is 36.4 Å². The molecule has 1 aromatic heterocycles. The lowest BCUT2D eigenvalue weighted by molar-refractivity contribution is -0.120. The molecule has 2 aliphatic heterocycles. The number of rotatable bonds is 0. The van der Waals surface area contributed by atoms with Crippen molar-refractivity contribution in [2.75, 3.05) is 5.32 Å². The van der Waals surface area contributed by atoms with Gasteiger partial charge in [0.05, 0.1) is 5.52 Å². The molecule has 5 rings (SSSR count). The molecule has 1 spiro atoms. The lowest BCUT2D eigenvalue weighted by Gasteiger charge is -2.34. The van der Waals surface area contributed by atoms with Crippen LogP contribution in [0.25, 0.3) is 10.9 Å². The molecule has 3 heterocycles. The van der Waals surface area contributed by atoms with Crippen LogP contribution in [0.2, 0.25) is 0 Å². The molecule has 0 bridgehead atoms. The Labute approximate surface area is 125 Å². The van der Waals surface area contributed by atoms with Gasteiger partial charge in [0.25, 0.3) is 5.91 Å². The van der Waals surface area contributed by atoms with Crippen LogP contribution in [-0.4, -0.2) is 16.5 Å². The number of nitrogens with zero attached hydrogens (tertiary/aromatic N) is 1. The fourth-order valence-corrected chi connectivity index (χ4v) is 3.60. The Balaban J connectivity index is 1.96. The number of amides is 2. The largest absolute Gasteiger partial charge is 0.327 e. The first-order valence-corrected chi connectivity index (χ1v) is 7.06. The van der Waals surface area contributed by atoms with Gasteiger partial charge in [0.15, 0.2) is 5.54 Å². The SMILES string of the molecule is O=C1NC2(C(=O)Nc3ccccc32)c2cccc3ccn1c23. The van der Waals surface area contributed by atoms with Gasteiger partial charge in [-0.25, -0.2) is 4.79 Å². The van der Waals surface area contributed by atoms with Gasteiger partial charge in [0.2, 0.25) is 0 Å². The van der Waals surface area contributed by atoms with Crippen LogP contribution in [0.1, 0.15) is 11.1 Å². The van der Waals surface area contributed by atoms with Gasteiger partial charge in [-0.3, -0.25) is 9.36 Å². The molecule has 106 valence electrons. The highest BCUT2D eigenvalue weighted by molar-refractivity contribution is 6.14. The van der Waals surface area contributed by atoms with Crippen molar-refractivity contribution in [2.45, 2.75) is 5.54 Å². The van der Waals surface area contributed by atoms with E-state index in [-0.39, 0.29) is 11.9 Å². The molecule has 1 unspecified atom stereocenters. The van der Waals surface area contributed by atoms with Crippen LogP contribution in [0, 0.1) is 0 Å². The molecule has 2 aromatic carbocycles. The molecule has 2 aliphatic rings. The topological polar surface area (TPSA) is 63.1 Å². The van der Waals surface area contributed by atoms with Gasteiger partial charge in [-0.15, -0.1) is 0 Å². The molecule has 0 aliphatic carbocycles. The Morgan fingerprint density at radius 1 is 0.909 bits per heavy atom. The maximum Gasteiger partial charge on any atom is 0.327 e. The number of carbonyl (C=O) groups is 2. The summed E-state index contributed by atoms with van der Waals surface area (Å²) in [7, 11) is 0. The zero-order valence-electron chi connectivity index (χ0n) is 11.5. The average Bonchev–Trinajstić information content (AvgIpc) is 3.07. The van der Waals surface area contributed by atoms with E-state index < -0.39 is 5.54 Å². The molecule has 0 radical (unpaired) electrons. The number of anilines is 1. The zero-order chi connectivity index (χ0) is 14.9. The first-order chi connectivity index (χ1) is 10.7. The average molecular weight is 289 g/mol. The predicted octanol–water partition coefficient (Wildman–Crippen LogP) is 2.41. The number of para-hydroxylation sites is 2. The van der Waals surface area contributed by atoms with Crippen molar-refractivity contribution in [3.05, 3.63) is 65.9 Å². The number of hydrogen-bond donors (Lipinski definition) is 2. The number of hydrogen-bond acceptors (Lipinski definition) is 2. The second kappa shape index (κ2) is 3.57. The van der Waals surface area contributed by atoms with Gasteiger partial charge in [0, 0.05) is 28.4 Å². The summed E-state index contributed by atoms with van der Waals surface area (Å²) in [5.74, 6) is -0.220. The van der Waals surface area contributed by atoms with Crippen LogP contribution in [0.5, 0.6) is 0 Å². The van der Waals surface area contributed by atoms with Gasteiger partial charge in [-0.05, 0) is 12.1 Å². The molecule has 22 heavy (non-hydrogen) atoms. The van der Waals surface area contributed by atoms with E-state index in [1.807, 2.05) is 48.5 Å². The van der Waals surface area contributed by atoms with Gasteiger partial charge < -0.3 is 10.6 Å². The van der Waals surface area contributed by atoms with Crippen molar-refractivity contribution in [2.24, 2.45) is 0 Å². The molecule has 0 fully saturated rings. The highest BCUT2D eigenvalue weighted by Crippen LogP contribution is 2.45. The normalized spacial score (nSPS) is 21.8. The van der Waals surface area contributed by atoms with Crippen LogP contribution in [0.4, 0.5) is 10.5 Å². The third kappa shape index (κ3) is 1.12. The quantitative estimate of drug-likeness (QED) is 0.667. The Hall–Kier alpha value is -3.08. The maximum atomic E-state index is 12.8. The number of aromatic nitrogens is 1. The van der Waals surface area contributed by atoms with Gasteiger partial charge >= 0.3 is 6.03 Å². The van der Waals surface area contributed by atoms with E-state index in [1.54, 1.807) is 10.8 Å². The number of fused-ring (bicyclic) bond motifs is 3. The summed E-state index contributed by atoms with van der Waals surface area (Å²) in [5, 5.41) is 6.74. The molecule has 3 aromatic rings. The monoisotopic (exact) mass is 289 g/mol. The van der Waals surface area contributed by atoms with Crippen LogP contribution >= 0.6 is 0 Å². The van der Waals surface area contributed by atoms with Crippen LogP contribution in [0.15, 0.2) is 54.7 Å². The number of nitrogens with one attached hydrogen (secondary N) is 2. The lowest BCUT2D eigenvalue weighted by atomic mass is 9.82. The smallest absolute Gasteiger partial charge is 0.323 e. The lowest BCUT2D eigenvalue weighted by Crippen LogP contribution is -2.55. The highest BCUT2D eigenvalue weighted by atomic mass is 16.2. The fourth-order valence-electron chi connectivity index (χ4n) is 3.60. The maximum absolute atomic E-state index is 12.8. The second-order valence-electron chi connectivity index (χ2n) is 5.61. The molecule has 2 N–H and O–H groups in total. The molecular weight excluding hydrogens is 278 g/mol. The summed E-state index contributed by atoms with van der Waals surface area (Å²) < 4.78 is 1.56. The molecule has 1 atom stereocenters. The Kier molecular flexibility index (Phi) is 1.88. The van der Waals surface area contributed by atoms with Crippen molar-refractivity contribution in [1.82, 2.24) is 9.88 Å². The van der Waals surface area contributed by atoms with E-state index >= 15 is 0 Å². The second-order valence-corrected chi connectivity index (χ2v) is 5.61. The first kappa shape index (κ1) is 11.6. The third-order valence-corrected chi connectivity index (χ3v) is 4.55. The van der Waals surface area contributed by atoms with Crippen molar-refractivity contribution >= 4 is 28.5 Å². The minimum absolute atomic E-state index is 0.220. The van der Waals surface area contributed by atoms with E-state index in [0.29, 0.717) is 0 Å². The fraction of sp³-hybridized carbons (Fsp3) is 0.0588. The minimum atomic E-state index is -1.15. The summed E-state index contributed by atoms with van der Waals surface area (Å²) in [6.45, 7) is 0. The third-order valence-electron chi connectivity index (χ3n) is 4.55. The Morgan fingerprint density at radius 3 is 2.64 bits per heavy atom. The summed E-state index contributed by atoms with van der Waals surface area (Å²) in [6.07, 6.45) is 1.73. The van der Waals surface area contributed by atoms with Crippen LogP contribution < -0.4 is 10.6 Å². The molecule has 2 amide bonds. The molecule has 0 saturated carbocycles. The van der Waals surface area contributed by atoms with Crippen molar-refractivity contribution in [3.63, 3.8) is 0 Å². The summed E-state index contributed by atoms with van der Waals surface area (Å²) in [4.78, 5) is 25.3. The molecule has 5 heteroatoms. The first-order valence-electron chi connectivity index (χ1n) is 7.06. The van der Waals surface area contributed by atoms with E-state index in [2.05, 4.69) is 10.6 Å². The van der Waals surface area contributed by atoms with E-state index in [4.69, 9.17) is 0 Å². The number of carbonyl (C=O) groups excluding carboxylic acids is 2. The standard InChI is InChI=1S/C17H11N3O2/c21-15-17(11-5-1-2-7-13(11)18-15)12-6-3-4-10-8-9-20(14(10)12)16(22)19-17/h1-9H,(H,18,21)(H,19,22). The Bertz CT molecular complexity index is 988. The van der Waals surface area contributed by atoms with E-state index in [9.17, 15) is 9.59 Å². The predicted molar refractivity (Wildman–Crippen MR) is 81.7 cm³/mol. The summed E-state index contributed by atoms with van der Waals surface area (Å²) >= 11 is 0. The van der Waals surface area contributed by atoms with Gasteiger partial charge in [-0.2, -0.15) is 0 Å². The molecule has 0 saturated heterocycles.